The van der Waals surface area contributed by atoms with Crippen molar-refractivity contribution in [3.05, 3.63) is 27.8 Å². The van der Waals surface area contributed by atoms with Gasteiger partial charge in [0.1, 0.15) is 8.07 Å². The van der Waals surface area contributed by atoms with Crippen molar-refractivity contribution in [2.24, 2.45) is 0 Å². The molecule has 0 unspecified atom stereocenters. The number of rotatable bonds is 2. The molecular weight excluding hydrogens is 329 g/mol. The molecule has 0 fully saturated rings. The van der Waals surface area contributed by atoms with Gasteiger partial charge in [0.25, 0.3) is 0 Å². The Bertz CT molecular complexity index is 625. The number of nitrogen functional groups attached to an aromatic ring is 1. The van der Waals surface area contributed by atoms with Crippen molar-refractivity contribution in [3.8, 4) is 11.5 Å². The van der Waals surface area contributed by atoms with E-state index < -0.39 is 21.4 Å². The zero-order valence-electron chi connectivity index (χ0n) is 14.5. The van der Waals surface area contributed by atoms with E-state index in [1.807, 2.05) is 6.92 Å². The number of hydrogen-bond donors (Lipinski definition) is 1. The van der Waals surface area contributed by atoms with Crippen molar-refractivity contribution >= 4 is 20.7 Å². The number of hydrogen-bond acceptors (Lipinski definition) is 1. The summed E-state index contributed by atoms with van der Waals surface area (Å²) < 4.78 is 38.5. The average molecular weight is 351 g/mol. The van der Waals surface area contributed by atoms with E-state index in [1.54, 1.807) is 13.8 Å². The molecule has 0 heterocycles. The predicted octanol–water partition coefficient (Wildman–Crippen LogP) is 1.36. The largest absolute Gasteiger partial charge is 1.00 e. The second kappa shape index (κ2) is 7.91. The molecule has 0 aromatic heterocycles. The Kier molecular flexibility index (Phi) is 8.01. The maximum Gasteiger partial charge on any atom is 1.00 e. The molecule has 1 nitrogen and oxygen atoms in total. The number of halogens is 3. The molecule has 0 saturated heterocycles. The van der Waals surface area contributed by atoms with Gasteiger partial charge in [-0.2, -0.15) is 0 Å². The maximum atomic E-state index is 12.8. The molecule has 1 aromatic carbocycles. The van der Waals surface area contributed by atoms with E-state index >= 15 is 0 Å². The van der Waals surface area contributed by atoms with Crippen LogP contribution in [0.15, 0.2) is 0 Å². The molecule has 0 saturated carbocycles. The van der Waals surface area contributed by atoms with Crippen LogP contribution in [0.5, 0.6) is 0 Å². The molecule has 0 aliphatic rings. The van der Waals surface area contributed by atoms with Crippen molar-refractivity contribution in [1.82, 2.24) is 0 Å². The summed E-state index contributed by atoms with van der Waals surface area (Å²) in [5, 5.41) is 0. The van der Waals surface area contributed by atoms with Crippen LogP contribution in [-0.2, 0) is 6.32 Å². The van der Waals surface area contributed by atoms with Crippen LogP contribution < -0.4 is 57.1 Å². The summed E-state index contributed by atoms with van der Waals surface area (Å²) in [5.41, 5.74) is 12.5. The Morgan fingerprint density at radius 2 is 1.50 bits per heavy atom. The molecule has 22 heavy (non-hydrogen) atoms. The fraction of sp³-hybridized carbons (Fsp3) is 0.467. The number of anilines is 1. The van der Waals surface area contributed by atoms with Gasteiger partial charge in [0.2, 0.25) is 0 Å². The van der Waals surface area contributed by atoms with E-state index in [9.17, 15) is 12.9 Å². The summed E-state index contributed by atoms with van der Waals surface area (Å²) in [4.78, 5) is 0. The monoisotopic (exact) mass is 351 g/mol. The van der Waals surface area contributed by atoms with Crippen molar-refractivity contribution < 1.29 is 64.3 Å². The van der Waals surface area contributed by atoms with Gasteiger partial charge in [-0.3, -0.25) is 0 Å². The van der Waals surface area contributed by atoms with Crippen molar-refractivity contribution in [2.45, 2.75) is 46.7 Å². The number of nitrogens with two attached hydrogens (primary N) is 1. The fourth-order valence-corrected chi connectivity index (χ4v) is 2.77. The standard InChI is InChI=1S/C15H22BF3NSi.K/c1-10-13(7-8-21(4,5)6)11(2)15(20)12(3)14(10)9-16(17,18)19;/h9,20H2,1-6H3;/q-1;+1. The minimum absolute atomic E-state index is 0. The summed E-state index contributed by atoms with van der Waals surface area (Å²) in [6, 6.07) is 0. The van der Waals surface area contributed by atoms with E-state index in [2.05, 4.69) is 31.1 Å². The van der Waals surface area contributed by atoms with E-state index in [0.29, 0.717) is 22.4 Å². The molecular formula is C15H22BF3KNSi. The molecule has 116 valence electrons. The Hall–Kier alpha value is 0.288. The minimum Gasteiger partial charge on any atom is -0.449 e. The van der Waals surface area contributed by atoms with E-state index in [4.69, 9.17) is 5.73 Å². The van der Waals surface area contributed by atoms with Crippen LogP contribution in [0.3, 0.4) is 0 Å². The van der Waals surface area contributed by atoms with Gasteiger partial charge in [-0.25, -0.2) is 0 Å². The molecule has 0 aliphatic heterocycles. The fourth-order valence-electron chi connectivity index (χ4n) is 2.27. The van der Waals surface area contributed by atoms with Gasteiger partial charge in [0, 0.05) is 11.3 Å². The van der Waals surface area contributed by atoms with Gasteiger partial charge >= 0.3 is 58.4 Å². The van der Waals surface area contributed by atoms with E-state index in [-0.39, 0.29) is 56.9 Å². The van der Waals surface area contributed by atoms with E-state index in [1.165, 1.54) is 0 Å². The molecule has 0 radical (unpaired) electrons. The van der Waals surface area contributed by atoms with Crippen molar-refractivity contribution in [2.75, 3.05) is 5.73 Å². The molecule has 2 N–H and O–H groups in total. The second-order valence-corrected chi connectivity index (χ2v) is 11.3. The molecule has 7 heteroatoms. The Morgan fingerprint density at radius 3 is 1.91 bits per heavy atom. The van der Waals surface area contributed by atoms with Crippen LogP contribution in [0.4, 0.5) is 18.6 Å². The van der Waals surface area contributed by atoms with Crippen LogP contribution >= 0.6 is 0 Å². The average Bonchev–Trinajstić information content (AvgIpc) is 2.29. The Labute approximate surface area is 175 Å². The Balaban J connectivity index is 0.00000441. The summed E-state index contributed by atoms with van der Waals surface area (Å²) in [6.07, 6.45) is -0.899. The van der Waals surface area contributed by atoms with Crippen LogP contribution in [0.1, 0.15) is 27.8 Å². The van der Waals surface area contributed by atoms with Crippen LogP contribution in [-0.4, -0.2) is 15.1 Å². The summed E-state index contributed by atoms with van der Waals surface area (Å²) in [5.74, 6) is 3.09. The third-order valence-electron chi connectivity index (χ3n) is 3.46. The maximum absolute atomic E-state index is 12.8. The Morgan fingerprint density at radius 1 is 1.00 bits per heavy atom. The first kappa shape index (κ1) is 22.3. The van der Waals surface area contributed by atoms with Gasteiger partial charge in [0.05, 0.1) is 0 Å². The topological polar surface area (TPSA) is 26.0 Å². The van der Waals surface area contributed by atoms with Crippen molar-refractivity contribution in [3.63, 3.8) is 0 Å². The summed E-state index contributed by atoms with van der Waals surface area (Å²) >= 11 is 0. The van der Waals surface area contributed by atoms with Crippen LogP contribution in [0.2, 0.25) is 19.6 Å². The zero-order chi connectivity index (χ0) is 16.6. The zero-order valence-corrected chi connectivity index (χ0v) is 18.6. The molecule has 0 bridgehead atoms. The third kappa shape index (κ3) is 6.06. The normalized spacial score (nSPS) is 11.5. The van der Waals surface area contributed by atoms with Crippen LogP contribution in [0.25, 0.3) is 0 Å². The first-order valence-corrected chi connectivity index (χ1v) is 10.5. The SMILES string of the molecule is Cc1c(N)c(C)c(C[B-](F)(F)F)c(C)c1C#C[Si](C)(C)C.[K+]. The molecule has 0 aliphatic carbocycles. The molecule has 1 rings (SSSR count). The summed E-state index contributed by atoms with van der Waals surface area (Å²) in [6.45, 7) is 6.60. The second-order valence-electron chi connectivity index (χ2n) is 6.56. The first-order chi connectivity index (χ1) is 9.33. The smallest absolute Gasteiger partial charge is 0.449 e. The van der Waals surface area contributed by atoms with E-state index in [0.717, 1.165) is 5.56 Å². The minimum atomic E-state index is -4.89. The first-order valence-electron chi connectivity index (χ1n) is 6.96. The van der Waals surface area contributed by atoms with Crippen LogP contribution in [0, 0.1) is 32.2 Å². The van der Waals surface area contributed by atoms with Gasteiger partial charge < -0.3 is 18.7 Å². The molecule has 0 atom stereocenters. The predicted molar refractivity (Wildman–Crippen MR) is 88.1 cm³/mol. The number of benzene rings is 1. The quantitative estimate of drug-likeness (QED) is 0.486. The molecule has 0 amide bonds. The van der Waals surface area contributed by atoms with Crippen molar-refractivity contribution in [1.29, 1.82) is 0 Å². The van der Waals surface area contributed by atoms with Gasteiger partial charge in [-0.15, -0.1) is 5.54 Å². The molecule has 0 spiro atoms. The summed E-state index contributed by atoms with van der Waals surface area (Å²) in [7, 11) is -1.60. The third-order valence-corrected chi connectivity index (χ3v) is 4.34. The van der Waals surface area contributed by atoms with Gasteiger partial charge in [-0.1, -0.05) is 37.4 Å². The van der Waals surface area contributed by atoms with Gasteiger partial charge in [-0.05, 0) is 37.5 Å². The molecule has 1 aromatic rings. The van der Waals surface area contributed by atoms with Gasteiger partial charge in [0.15, 0.2) is 0 Å².